The highest BCUT2D eigenvalue weighted by Crippen LogP contribution is 2.25. The third-order valence-electron chi connectivity index (χ3n) is 3.58. The summed E-state index contributed by atoms with van der Waals surface area (Å²) in [5.74, 6) is 0.0909. The topological polar surface area (TPSA) is 61.2 Å². The van der Waals surface area contributed by atoms with Gasteiger partial charge >= 0.3 is 0 Å². The van der Waals surface area contributed by atoms with Crippen LogP contribution in [0.15, 0.2) is 40.3 Å². The van der Waals surface area contributed by atoms with E-state index in [1.165, 1.54) is 27.7 Å². The number of thiophene rings is 1. The molecule has 1 aromatic carbocycles. The Morgan fingerprint density at radius 3 is 2.81 bits per heavy atom. The molecule has 3 rings (SSSR count). The zero-order valence-corrected chi connectivity index (χ0v) is 16.8. The molecule has 9 heteroatoms. The fraction of sp³-hybridized carbons (Fsp3) is 0.235. The number of fused-ring (bicyclic) bond motifs is 1. The van der Waals surface area contributed by atoms with Gasteiger partial charge in [-0.1, -0.05) is 35.0 Å². The van der Waals surface area contributed by atoms with Crippen molar-refractivity contribution < 1.29 is 9.53 Å². The van der Waals surface area contributed by atoms with Crippen LogP contribution in [0.5, 0.6) is 0 Å². The minimum atomic E-state index is -0.183. The number of hydrogen-bond donors (Lipinski definition) is 0. The van der Waals surface area contributed by atoms with Gasteiger partial charge in [-0.2, -0.15) is 0 Å². The van der Waals surface area contributed by atoms with E-state index < -0.39 is 0 Å². The van der Waals surface area contributed by atoms with Crippen LogP contribution in [0, 0.1) is 0 Å². The van der Waals surface area contributed by atoms with Crippen molar-refractivity contribution in [2.24, 2.45) is 0 Å². The van der Waals surface area contributed by atoms with Gasteiger partial charge in [0, 0.05) is 12.1 Å². The molecule has 0 saturated carbocycles. The molecule has 0 unspecified atom stereocenters. The molecular formula is C17H14Cl2N2O3S2. The van der Waals surface area contributed by atoms with E-state index in [1.807, 2.05) is 0 Å². The van der Waals surface area contributed by atoms with E-state index >= 15 is 0 Å². The first-order chi connectivity index (χ1) is 12.5. The van der Waals surface area contributed by atoms with Gasteiger partial charge in [0.2, 0.25) is 0 Å². The van der Waals surface area contributed by atoms with Crippen molar-refractivity contribution >= 4 is 63.0 Å². The van der Waals surface area contributed by atoms with Crippen LogP contribution in [0.4, 0.5) is 0 Å². The van der Waals surface area contributed by atoms with Crippen LogP contribution in [0.1, 0.15) is 9.67 Å². The van der Waals surface area contributed by atoms with E-state index in [1.54, 1.807) is 37.4 Å². The number of thioether (sulfide) groups is 1. The van der Waals surface area contributed by atoms with Gasteiger partial charge in [0.25, 0.3) is 5.56 Å². The number of halogens is 2. The van der Waals surface area contributed by atoms with Crippen molar-refractivity contribution in [1.82, 2.24) is 9.55 Å². The predicted octanol–water partition coefficient (Wildman–Crippen LogP) is 4.39. The highest BCUT2D eigenvalue weighted by Gasteiger charge is 2.15. The Hall–Kier alpha value is -1.38. The molecule has 0 spiro atoms. The van der Waals surface area contributed by atoms with Crippen molar-refractivity contribution in [2.75, 3.05) is 19.5 Å². The first-order valence-corrected chi connectivity index (χ1v) is 10.2. The second kappa shape index (κ2) is 8.54. The lowest BCUT2D eigenvalue weighted by atomic mass is 10.2. The summed E-state index contributed by atoms with van der Waals surface area (Å²) < 4.78 is 7.18. The maximum Gasteiger partial charge on any atom is 0.262 e. The smallest absolute Gasteiger partial charge is 0.262 e. The summed E-state index contributed by atoms with van der Waals surface area (Å²) in [4.78, 5) is 30.2. The molecule has 0 amide bonds. The molecule has 2 aromatic heterocycles. The molecule has 0 aliphatic rings. The lowest BCUT2D eigenvalue weighted by Gasteiger charge is -2.12. The Labute approximate surface area is 167 Å². The largest absolute Gasteiger partial charge is 0.383 e. The van der Waals surface area contributed by atoms with E-state index in [0.29, 0.717) is 43.4 Å². The zero-order chi connectivity index (χ0) is 18.7. The predicted molar refractivity (Wildman–Crippen MR) is 107 cm³/mol. The molecule has 0 N–H and O–H groups in total. The Kier molecular flexibility index (Phi) is 6.37. The summed E-state index contributed by atoms with van der Waals surface area (Å²) in [5, 5.41) is 1.43. The average Bonchev–Trinajstić information content (AvgIpc) is 3.05. The van der Waals surface area contributed by atoms with E-state index in [2.05, 4.69) is 4.98 Å². The number of ketones is 1. The van der Waals surface area contributed by atoms with Gasteiger partial charge in [-0.05, 0) is 30.3 Å². The molecule has 0 bridgehead atoms. The number of carbonyl (C=O) groups excluding carboxylic acids is 1. The van der Waals surface area contributed by atoms with Crippen molar-refractivity contribution in [1.29, 1.82) is 0 Å². The second-order valence-electron chi connectivity index (χ2n) is 5.32. The van der Waals surface area contributed by atoms with Crippen molar-refractivity contribution in [3.05, 3.63) is 54.9 Å². The molecule has 3 aromatic rings. The molecule has 26 heavy (non-hydrogen) atoms. The number of ether oxygens (including phenoxy) is 1. The minimum Gasteiger partial charge on any atom is -0.383 e. The number of Topliss-reactive ketones (excluding diaryl/α,β-unsaturated/α-hetero) is 1. The third kappa shape index (κ3) is 4.29. The molecule has 5 nitrogen and oxygen atoms in total. The lowest BCUT2D eigenvalue weighted by molar-refractivity contribution is 0.102. The van der Waals surface area contributed by atoms with Crippen molar-refractivity contribution in [2.45, 2.75) is 11.7 Å². The number of aromatic nitrogens is 2. The Morgan fingerprint density at radius 2 is 2.12 bits per heavy atom. The van der Waals surface area contributed by atoms with Gasteiger partial charge in [0.15, 0.2) is 10.9 Å². The molecule has 0 radical (unpaired) electrons. The van der Waals surface area contributed by atoms with Gasteiger partial charge < -0.3 is 4.74 Å². The summed E-state index contributed by atoms with van der Waals surface area (Å²) in [7, 11) is 1.57. The van der Waals surface area contributed by atoms with Crippen LogP contribution in [-0.2, 0) is 11.3 Å². The Balaban J connectivity index is 1.94. The maximum atomic E-state index is 12.8. The van der Waals surface area contributed by atoms with Crippen LogP contribution < -0.4 is 5.56 Å². The van der Waals surface area contributed by atoms with E-state index in [0.717, 1.165) is 0 Å². The number of hydrogen-bond acceptors (Lipinski definition) is 6. The molecule has 0 saturated heterocycles. The maximum absolute atomic E-state index is 12.8. The molecule has 0 atom stereocenters. The quantitative estimate of drug-likeness (QED) is 0.317. The number of methoxy groups -OCH3 is 1. The first kappa shape index (κ1) is 19.4. The summed E-state index contributed by atoms with van der Waals surface area (Å²) in [6.07, 6.45) is 0. The van der Waals surface area contributed by atoms with Gasteiger partial charge in [-0.3, -0.25) is 14.2 Å². The van der Waals surface area contributed by atoms with Gasteiger partial charge in [0.05, 0.1) is 39.0 Å². The van der Waals surface area contributed by atoms with Crippen molar-refractivity contribution in [3.63, 3.8) is 0 Å². The fourth-order valence-corrected chi connectivity index (χ4v) is 4.48. The zero-order valence-electron chi connectivity index (χ0n) is 13.7. The van der Waals surface area contributed by atoms with Gasteiger partial charge in [0.1, 0.15) is 0 Å². The Bertz CT molecular complexity index is 1020. The van der Waals surface area contributed by atoms with E-state index in [-0.39, 0.29) is 17.1 Å². The molecular weight excluding hydrogens is 415 g/mol. The van der Waals surface area contributed by atoms with Crippen LogP contribution in [-0.4, -0.2) is 34.8 Å². The highest BCUT2D eigenvalue weighted by atomic mass is 35.5. The second-order valence-corrected chi connectivity index (χ2v) is 8.42. The van der Waals surface area contributed by atoms with Crippen LogP contribution in [0.3, 0.4) is 0 Å². The molecule has 0 aliphatic heterocycles. The lowest BCUT2D eigenvalue weighted by Crippen LogP contribution is -2.25. The standard InChI is InChI=1S/C17H14Cl2N2O3S2/c1-24-7-6-21-16(23)11-3-2-10(18)8-12(11)20-17(21)25-9-13(22)14-4-5-15(19)26-14/h2-5,8H,6-7,9H2,1H3. The van der Waals surface area contributed by atoms with Crippen LogP contribution in [0.25, 0.3) is 10.9 Å². The normalized spacial score (nSPS) is 11.2. The summed E-state index contributed by atoms with van der Waals surface area (Å²) in [6, 6.07) is 8.34. The number of benzene rings is 1. The van der Waals surface area contributed by atoms with Crippen molar-refractivity contribution in [3.8, 4) is 0 Å². The average molecular weight is 429 g/mol. The van der Waals surface area contributed by atoms with Gasteiger partial charge in [-0.15, -0.1) is 11.3 Å². The number of carbonyl (C=O) groups is 1. The van der Waals surface area contributed by atoms with Crippen LogP contribution in [0.2, 0.25) is 9.36 Å². The number of nitrogens with zero attached hydrogens (tertiary/aromatic N) is 2. The van der Waals surface area contributed by atoms with E-state index in [9.17, 15) is 9.59 Å². The highest BCUT2D eigenvalue weighted by molar-refractivity contribution is 7.99. The van der Waals surface area contributed by atoms with Gasteiger partial charge in [-0.25, -0.2) is 4.98 Å². The summed E-state index contributed by atoms with van der Waals surface area (Å²) in [5.41, 5.74) is 0.322. The van der Waals surface area contributed by atoms with Crippen LogP contribution >= 0.6 is 46.3 Å². The monoisotopic (exact) mass is 428 g/mol. The first-order valence-electron chi connectivity index (χ1n) is 7.60. The Morgan fingerprint density at radius 1 is 1.31 bits per heavy atom. The summed E-state index contributed by atoms with van der Waals surface area (Å²) in [6.45, 7) is 0.713. The fourth-order valence-electron chi connectivity index (χ4n) is 2.33. The molecule has 136 valence electrons. The SMILES string of the molecule is COCCn1c(SCC(=O)c2ccc(Cl)s2)nc2cc(Cl)ccc2c1=O. The molecule has 0 aliphatic carbocycles. The molecule has 0 fully saturated rings. The summed E-state index contributed by atoms with van der Waals surface area (Å²) >= 11 is 14.3. The molecule has 2 heterocycles. The van der Waals surface area contributed by atoms with E-state index in [4.69, 9.17) is 27.9 Å². The third-order valence-corrected chi connectivity index (χ3v) is 6.07. The number of rotatable bonds is 7. The minimum absolute atomic E-state index is 0.0642.